The summed E-state index contributed by atoms with van der Waals surface area (Å²) in [5, 5.41) is 20.2. The average molecular weight is 221 g/mol. The zero-order valence-corrected chi connectivity index (χ0v) is 8.49. The number of anilines is 1. The van der Waals surface area contributed by atoms with Crippen molar-refractivity contribution in [3.63, 3.8) is 0 Å². The second kappa shape index (κ2) is 4.63. The maximum atomic E-state index is 11.5. The van der Waals surface area contributed by atoms with Crippen LogP contribution < -0.4 is 10.6 Å². The minimum absolute atomic E-state index is 0.0356. The summed E-state index contributed by atoms with van der Waals surface area (Å²) in [7, 11) is 0. The smallest absolute Gasteiger partial charge is 0.320 e. The van der Waals surface area contributed by atoms with Crippen LogP contribution in [0, 0.1) is 11.3 Å². The summed E-state index contributed by atoms with van der Waals surface area (Å²) in [6.07, 6.45) is 2.16. The molecule has 0 bridgehead atoms. The van der Waals surface area contributed by atoms with Crippen LogP contribution in [0.15, 0.2) is 6.20 Å². The Kier molecular flexibility index (Phi) is 3.03. The minimum atomic E-state index is -0.365. The first kappa shape index (κ1) is 10.4. The predicted octanol–water partition coefficient (Wildman–Crippen LogP) is 0.192. The number of hydrogen-bond acceptors (Lipinski definition) is 4. The fourth-order valence-electron chi connectivity index (χ4n) is 1.45. The number of rotatable bonds is 2. The summed E-state index contributed by atoms with van der Waals surface area (Å²) in [6, 6.07) is 1.58. The Labute approximate surface area is 91.8 Å². The third-order valence-corrected chi connectivity index (χ3v) is 2.26. The Balaban J connectivity index is 1.89. The van der Waals surface area contributed by atoms with E-state index in [1.165, 1.54) is 6.20 Å². The van der Waals surface area contributed by atoms with Crippen molar-refractivity contribution in [3.8, 4) is 6.07 Å². The van der Waals surface area contributed by atoms with Gasteiger partial charge in [0.15, 0.2) is 0 Å². The second-order valence-corrected chi connectivity index (χ2v) is 3.43. The number of nitriles is 1. The number of aromatic amines is 1. The van der Waals surface area contributed by atoms with Gasteiger partial charge in [-0.25, -0.2) is 4.79 Å². The molecule has 0 radical (unpaired) electrons. The number of H-pyrrole nitrogens is 1. The molecule has 1 saturated heterocycles. The number of aromatic nitrogens is 2. The standard InChI is InChI=1S/C9H11N5O2/c10-3-6-4-11-14-8(6)13-9(15)12-7-1-2-16-5-7/h4,7H,1-2,5H2,(H3,11,12,13,14,15). The lowest BCUT2D eigenvalue weighted by Gasteiger charge is -2.10. The third kappa shape index (κ3) is 2.29. The van der Waals surface area contributed by atoms with E-state index in [1.54, 1.807) is 0 Å². The van der Waals surface area contributed by atoms with Crippen LogP contribution in [0.1, 0.15) is 12.0 Å². The van der Waals surface area contributed by atoms with Gasteiger partial charge in [0.1, 0.15) is 17.5 Å². The van der Waals surface area contributed by atoms with Crippen LogP contribution in [0.4, 0.5) is 10.6 Å². The Bertz CT molecular complexity index is 416. The number of amides is 2. The number of urea groups is 1. The summed E-state index contributed by atoms with van der Waals surface area (Å²) in [4.78, 5) is 11.5. The molecule has 0 aromatic carbocycles. The molecule has 0 aliphatic carbocycles. The maximum absolute atomic E-state index is 11.5. The van der Waals surface area contributed by atoms with Crippen molar-refractivity contribution < 1.29 is 9.53 Å². The second-order valence-electron chi connectivity index (χ2n) is 3.43. The number of hydrogen-bond donors (Lipinski definition) is 3. The van der Waals surface area contributed by atoms with Gasteiger partial charge < -0.3 is 10.1 Å². The molecule has 1 unspecified atom stereocenters. The molecule has 2 amide bonds. The molecule has 16 heavy (non-hydrogen) atoms. The Hall–Kier alpha value is -2.07. The van der Waals surface area contributed by atoms with Gasteiger partial charge in [-0.3, -0.25) is 10.4 Å². The summed E-state index contributed by atoms with van der Waals surface area (Å²) in [5.74, 6) is 0.305. The lowest BCUT2D eigenvalue weighted by molar-refractivity contribution is 0.189. The molecule has 1 aromatic heterocycles. The van der Waals surface area contributed by atoms with Crippen molar-refractivity contribution in [1.82, 2.24) is 15.5 Å². The van der Waals surface area contributed by atoms with Crippen LogP contribution in [-0.4, -0.2) is 35.5 Å². The summed E-state index contributed by atoms with van der Waals surface area (Å²) >= 11 is 0. The average Bonchev–Trinajstić information content (AvgIpc) is 2.88. The number of nitrogens with zero attached hydrogens (tertiary/aromatic N) is 2. The van der Waals surface area contributed by atoms with Crippen LogP contribution in [0.5, 0.6) is 0 Å². The Morgan fingerprint density at radius 3 is 3.31 bits per heavy atom. The first-order chi connectivity index (χ1) is 7.79. The molecular weight excluding hydrogens is 210 g/mol. The zero-order valence-electron chi connectivity index (χ0n) is 8.49. The van der Waals surface area contributed by atoms with E-state index in [1.807, 2.05) is 6.07 Å². The molecule has 0 spiro atoms. The molecule has 7 nitrogen and oxygen atoms in total. The topological polar surface area (TPSA) is 103 Å². The van der Waals surface area contributed by atoms with E-state index in [-0.39, 0.29) is 12.1 Å². The minimum Gasteiger partial charge on any atom is -0.379 e. The molecular formula is C9H11N5O2. The van der Waals surface area contributed by atoms with Gasteiger partial charge in [-0.1, -0.05) is 0 Å². The van der Waals surface area contributed by atoms with Crippen molar-refractivity contribution in [1.29, 1.82) is 5.26 Å². The SMILES string of the molecule is N#Cc1cn[nH]c1NC(=O)NC1CCOC1. The first-order valence-corrected chi connectivity index (χ1v) is 4.88. The van der Waals surface area contributed by atoms with Crippen LogP contribution >= 0.6 is 0 Å². The molecule has 1 aliphatic rings. The van der Waals surface area contributed by atoms with Gasteiger partial charge in [-0.05, 0) is 6.42 Å². The monoisotopic (exact) mass is 221 g/mol. The maximum Gasteiger partial charge on any atom is 0.320 e. The molecule has 0 saturated carbocycles. The highest BCUT2D eigenvalue weighted by Crippen LogP contribution is 2.09. The number of carbonyl (C=O) groups excluding carboxylic acids is 1. The van der Waals surface area contributed by atoms with Gasteiger partial charge in [0.2, 0.25) is 0 Å². The van der Waals surface area contributed by atoms with Crippen molar-refractivity contribution in [2.45, 2.75) is 12.5 Å². The quantitative estimate of drug-likeness (QED) is 0.663. The number of carbonyl (C=O) groups is 1. The zero-order chi connectivity index (χ0) is 11.4. The first-order valence-electron chi connectivity index (χ1n) is 4.88. The fourth-order valence-corrected chi connectivity index (χ4v) is 1.45. The molecule has 7 heteroatoms. The van der Waals surface area contributed by atoms with E-state index in [4.69, 9.17) is 10.00 Å². The molecule has 2 heterocycles. The molecule has 1 aromatic rings. The third-order valence-electron chi connectivity index (χ3n) is 2.26. The van der Waals surface area contributed by atoms with Crippen molar-refractivity contribution in [2.24, 2.45) is 0 Å². The van der Waals surface area contributed by atoms with E-state index in [0.29, 0.717) is 24.6 Å². The van der Waals surface area contributed by atoms with E-state index < -0.39 is 0 Å². The van der Waals surface area contributed by atoms with Gasteiger partial charge in [-0.2, -0.15) is 10.4 Å². The normalized spacial score (nSPS) is 19.1. The van der Waals surface area contributed by atoms with Crippen molar-refractivity contribution >= 4 is 11.8 Å². The van der Waals surface area contributed by atoms with E-state index >= 15 is 0 Å². The van der Waals surface area contributed by atoms with E-state index in [2.05, 4.69) is 20.8 Å². The van der Waals surface area contributed by atoms with E-state index in [0.717, 1.165) is 6.42 Å². The lowest BCUT2D eigenvalue weighted by Crippen LogP contribution is -2.38. The number of ether oxygens (including phenoxy) is 1. The van der Waals surface area contributed by atoms with Crippen LogP contribution in [0.3, 0.4) is 0 Å². The fraction of sp³-hybridized carbons (Fsp3) is 0.444. The summed E-state index contributed by atoms with van der Waals surface area (Å²) < 4.78 is 5.12. The van der Waals surface area contributed by atoms with Gasteiger partial charge in [0, 0.05) is 6.61 Å². The van der Waals surface area contributed by atoms with Crippen LogP contribution in [0.25, 0.3) is 0 Å². The van der Waals surface area contributed by atoms with Crippen LogP contribution in [-0.2, 0) is 4.74 Å². The molecule has 3 N–H and O–H groups in total. The van der Waals surface area contributed by atoms with Gasteiger partial charge in [0.05, 0.1) is 18.8 Å². The molecule has 2 rings (SSSR count). The van der Waals surface area contributed by atoms with Crippen molar-refractivity contribution in [2.75, 3.05) is 18.5 Å². The van der Waals surface area contributed by atoms with Gasteiger partial charge in [0.25, 0.3) is 0 Å². The van der Waals surface area contributed by atoms with Gasteiger partial charge >= 0.3 is 6.03 Å². The molecule has 1 fully saturated rings. The highest BCUT2D eigenvalue weighted by molar-refractivity contribution is 5.89. The summed E-state index contributed by atoms with van der Waals surface area (Å²) in [6.45, 7) is 1.19. The summed E-state index contributed by atoms with van der Waals surface area (Å²) in [5.41, 5.74) is 0.304. The van der Waals surface area contributed by atoms with E-state index in [9.17, 15) is 4.79 Å². The Morgan fingerprint density at radius 2 is 2.62 bits per heavy atom. The molecule has 1 atom stereocenters. The Morgan fingerprint density at radius 1 is 1.75 bits per heavy atom. The predicted molar refractivity (Wildman–Crippen MR) is 54.7 cm³/mol. The van der Waals surface area contributed by atoms with Gasteiger partial charge in [-0.15, -0.1) is 0 Å². The van der Waals surface area contributed by atoms with Crippen LogP contribution in [0.2, 0.25) is 0 Å². The number of nitrogens with one attached hydrogen (secondary N) is 3. The lowest BCUT2D eigenvalue weighted by atomic mass is 10.3. The molecule has 1 aliphatic heterocycles. The highest BCUT2D eigenvalue weighted by Gasteiger charge is 2.18. The van der Waals surface area contributed by atoms with Crippen molar-refractivity contribution in [3.05, 3.63) is 11.8 Å². The largest absolute Gasteiger partial charge is 0.379 e. The molecule has 84 valence electrons. The highest BCUT2D eigenvalue weighted by atomic mass is 16.5.